The molecule has 1 aliphatic rings. The van der Waals surface area contributed by atoms with Crippen LogP contribution in [0.3, 0.4) is 0 Å². The van der Waals surface area contributed by atoms with Crippen molar-refractivity contribution in [3.63, 3.8) is 0 Å². The normalized spacial score (nSPS) is 19.8. The van der Waals surface area contributed by atoms with Crippen molar-refractivity contribution < 1.29 is 9.59 Å². The minimum absolute atomic E-state index is 0.0744. The van der Waals surface area contributed by atoms with E-state index in [-0.39, 0.29) is 22.8 Å². The lowest BCUT2D eigenvalue weighted by Crippen LogP contribution is -2.64. The van der Waals surface area contributed by atoms with Gasteiger partial charge in [0.25, 0.3) is 0 Å². The van der Waals surface area contributed by atoms with Gasteiger partial charge in [0.2, 0.25) is 11.8 Å². The first-order valence-electron chi connectivity index (χ1n) is 4.73. The minimum atomic E-state index is -1.08. The van der Waals surface area contributed by atoms with Gasteiger partial charge >= 0.3 is 0 Å². The lowest BCUT2D eigenvalue weighted by molar-refractivity contribution is -0.146. The second-order valence-electron chi connectivity index (χ2n) is 3.86. The van der Waals surface area contributed by atoms with E-state index in [1.165, 1.54) is 0 Å². The van der Waals surface area contributed by atoms with Gasteiger partial charge < -0.3 is 10.6 Å². The summed E-state index contributed by atoms with van der Waals surface area (Å²) in [5.41, 5.74) is -1.08. The average molecular weight is 226 g/mol. The van der Waals surface area contributed by atoms with E-state index < -0.39 is 5.41 Å². The van der Waals surface area contributed by atoms with Crippen molar-refractivity contribution in [2.45, 2.75) is 20.3 Å². The molecule has 15 heavy (non-hydrogen) atoms. The molecule has 1 heterocycles. The van der Waals surface area contributed by atoms with E-state index in [1.807, 2.05) is 13.8 Å². The maximum atomic E-state index is 11.9. The van der Waals surface area contributed by atoms with Crippen molar-refractivity contribution in [3.8, 4) is 0 Å². The summed E-state index contributed by atoms with van der Waals surface area (Å²) in [5, 5.41) is 5.03. The fraction of sp³-hybridized carbons (Fsp3) is 0.500. The van der Waals surface area contributed by atoms with E-state index in [0.29, 0.717) is 6.42 Å². The average Bonchev–Trinajstić information content (AvgIpc) is 2.10. The highest BCUT2D eigenvalue weighted by atomic mass is 32.1. The molecule has 0 unspecified atom stereocenters. The van der Waals surface area contributed by atoms with Crippen molar-refractivity contribution in [1.82, 2.24) is 10.6 Å². The molecule has 0 radical (unpaired) electrons. The van der Waals surface area contributed by atoms with E-state index in [9.17, 15) is 9.59 Å². The van der Waals surface area contributed by atoms with Gasteiger partial charge in [-0.15, -0.1) is 6.58 Å². The number of carbonyl (C=O) groups is 2. The Hall–Kier alpha value is -1.23. The summed E-state index contributed by atoms with van der Waals surface area (Å²) in [6.45, 7) is 7.24. The van der Waals surface area contributed by atoms with Gasteiger partial charge in [-0.3, -0.25) is 9.59 Å². The molecule has 0 aromatic carbocycles. The van der Waals surface area contributed by atoms with Gasteiger partial charge in [-0.05, 0) is 24.6 Å². The van der Waals surface area contributed by atoms with Crippen molar-refractivity contribution >= 4 is 29.1 Å². The molecule has 1 rings (SSSR count). The number of hydrogen-bond donors (Lipinski definition) is 2. The molecule has 2 amide bonds. The first-order chi connectivity index (χ1) is 6.95. The first kappa shape index (κ1) is 11.8. The van der Waals surface area contributed by atoms with E-state index >= 15 is 0 Å². The van der Waals surface area contributed by atoms with Gasteiger partial charge in [-0.2, -0.15) is 0 Å². The molecule has 5 heteroatoms. The molecule has 1 saturated heterocycles. The summed E-state index contributed by atoms with van der Waals surface area (Å²) in [7, 11) is 0. The second kappa shape index (κ2) is 4.10. The van der Waals surface area contributed by atoms with Gasteiger partial charge in [0.15, 0.2) is 5.11 Å². The monoisotopic (exact) mass is 226 g/mol. The Kier molecular flexibility index (Phi) is 3.24. The lowest BCUT2D eigenvalue weighted by atomic mass is 9.72. The molecule has 0 bridgehead atoms. The summed E-state index contributed by atoms with van der Waals surface area (Å²) in [6.07, 6.45) is 1.89. The highest BCUT2D eigenvalue weighted by Crippen LogP contribution is 2.34. The molecule has 0 saturated carbocycles. The zero-order chi connectivity index (χ0) is 11.6. The van der Waals surface area contributed by atoms with Crippen LogP contribution in [-0.2, 0) is 9.59 Å². The van der Waals surface area contributed by atoms with Crippen LogP contribution < -0.4 is 10.6 Å². The Balaban J connectivity index is 3.14. The van der Waals surface area contributed by atoms with Crippen LogP contribution in [0.4, 0.5) is 0 Å². The minimum Gasteiger partial charge on any atom is -0.302 e. The van der Waals surface area contributed by atoms with Crippen LogP contribution >= 0.6 is 12.2 Å². The Morgan fingerprint density at radius 2 is 1.87 bits per heavy atom. The molecule has 0 atom stereocenters. The quantitative estimate of drug-likeness (QED) is 0.424. The van der Waals surface area contributed by atoms with Gasteiger partial charge in [-0.25, -0.2) is 0 Å². The van der Waals surface area contributed by atoms with Gasteiger partial charge in [0, 0.05) is 0 Å². The fourth-order valence-corrected chi connectivity index (χ4v) is 1.92. The predicted molar refractivity (Wildman–Crippen MR) is 61.0 cm³/mol. The van der Waals surface area contributed by atoms with Crippen LogP contribution in [0.5, 0.6) is 0 Å². The smallest absolute Gasteiger partial charge is 0.242 e. The van der Waals surface area contributed by atoms with E-state index in [1.54, 1.807) is 6.08 Å². The highest BCUT2D eigenvalue weighted by molar-refractivity contribution is 7.80. The fourth-order valence-electron chi connectivity index (χ4n) is 1.74. The van der Waals surface area contributed by atoms with Crippen LogP contribution in [0, 0.1) is 11.3 Å². The van der Waals surface area contributed by atoms with Gasteiger partial charge in [0.05, 0.1) is 0 Å². The van der Waals surface area contributed by atoms with Crippen molar-refractivity contribution in [2.75, 3.05) is 0 Å². The van der Waals surface area contributed by atoms with Crippen molar-refractivity contribution in [1.29, 1.82) is 0 Å². The topological polar surface area (TPSA) is 58.2 Å². The third-order valence-electron chi connectivity index (χ3n) is 2.72. The number of hydrogen-bond acceptors (Lipinski definition) is 3. The van der Waals surface area contributed by atoms with Crippen molar-refractivity contribution in [2.24, 2.45) is 11.3 Å². The summed E-state index contributed by atoms with van der Waals surface area (Å²) in [4.78, 5) is 23.7. The highest BCUT2D eigenvalue weighted by Gasteiger charge is 2.50. The Bertz CT molecular complexity index is 316. The number of rotatable bonds is 3. The molecule has 0 aliphatic carbocycles. The Labute approximate surface area is 94.1 Å². The second-order valence-corrected chi connectivity index (χ2v) is 4.26. The predicted octanol–water partition coefficient (Wildman–Crippen LogP) is 0.736. The zero-order valence-electron chi connectivity index (χ0n) is 8.79. The maximum absolute atomic E-state index is 11.9. The number of carbonyl (C=O) groups excluding carboxylic acids is 2. The third-order valence-corrected chi connectivity index (χ3v) is 2.92. The van der Waals surface area contributed by atoms with Crippen LogP contribution in [0.25, 0.3) is 0 Å². The van der Waals surface area contributed by atoms with E-state index in [4.69, 9.17) is 12.2 Å². The third kappa shape index (κ3) is 1.79. The molecule has 2 N–H and O–H groups in total. The first-order valence-corrected chi connectivity index (χ1v) is 5.13. The molecule has 4 nitrogen and oxygen atoms in total. The van der Waals surface area contributed by atoms with E-state index in [0.717, 1.165) is 0 Å². The Morgan fingerprint density at radius 3 is 2.20 bits per heavy atom. The zero-order valence-corrected chi connectivity index (χ0v) is 9.61. The number of thiocarbonyl (C=S) groups is 1. The number of nitrogens with one attached hydrogen (secondary N) is 2. The van der Waals surface area contributed by atoms with Crippen LogP contribution in [0.15, 0.2) is 12.7 Å². The van der Waals surface area contributed by atoms with E-state index in [2.05, 4.69) is 17.2 Å². The molecule has 1 aliphatic heterocycles. The van der Waals surface area contributed by atoms with Crippen LogP contribution in [0.2, 0.25) is 0 Å². The molecule has 0 aromatic rings. The largest absolute Gasteiger partial charge is 0.302 e. The molecular weight excluding hydrogens is 212 g/mol. The number of allylic oxidation sites excluding steroid dienone is 1. The lowest BCUT2D eigenvalue weighted by Gasteiger charge is -2.37. The molecule has 0 spiro atoms. The van der Waals surface area contributed by atoms with Gasteiger partial charge in [0.1, 0.15) is 5.41 Å². The molecule has 1 fully saturated rings. The Morgan fingerprint density at radius 1 is 1.40 bits per heavy atom. The maximum Gasteiger partial charge on any atom is 0.242 e. The molecule has 82 valence electrons. The summed E-state index contributed by atoms with van der Waals surface area (Å²) >= 11 is 4.74. The van der Waals surface area contributed by atoms with Crippen LogP contribution in [-0.4, -0.2) is 16.9 Å². The van der Waals surface area contributed by atoms with Crippen molar-refractivity contribution in [3.05, 3.63) is 12.7 Å². The summed E-state index contributed by atoms with van der Waals surface area (Å²) in [5.74, 6) is -0.795. The standard InChI is InChI=1S/C10H14N2O2S/c1-4-5-10(6(2)3)7(13)11-9(15)12-8(10)14/h4,6H,1,5H2,2-3H3,(H2,11,12,13,14,15). The van der Waals surface area contributed by atoms with Crippen LogP contribution in [0.1, 0.15) is 20.3 Å². The summed E-state index contributed by atoms with van der Waals surface area (Å²) < 4.78 is 0. The summed E-state index contributed by atoms with van der Waals surface area (Å²) in [6, 6.07) is 0. The van der Waals surface area contributed by atoms with Gasteiger partial charge in [-0.1, -0.05) is 19.9 Å². The number of amides is 2. The molecule has 0 aromatic heterocycles. The SMILES string of the molecule is C=CCC1(C(C)C)C(=O)NC(=S)NC1=O. The molecular formula is C10H14N2O2S.